The van der Waals surface area contributed by atoms with E-state index in [0.29, 0.717) is 13.2 Å². The quantitative estimate of drug-likeness (QED) is 0.820. The Balaban J connectivity index is 1.98. The highest BCUT2D eigenvalue weighted by Gasteiger charge is 2.17. The van der Waals surface area contributed by atoms with Crippen LogP contribution in [0.3, 0.4) is 0 Å². The van der Waals surface area contributed by atoms with Crippen molar-refractivity contribution in [3.63, 3.8) is 0 Å². The van der Waals surface area contributed by atoms with Gasteiger partial charge in [-0.05, 0) is 49.9 Å². The molecule has 1 aromatic carbocycles. The van der Waals surface area contributed by atoms with E-state index in [-0.39, 0.29) is 6.10 Å². The Morgan fingerprint density at radius 2 is 2.26 bits per heavy atom. The van der Waals surface area contributed by atoms with Crippen LogP contribution in [0.1, 0.15) is 24.8 Å². The summed E-state index contributed by atoms with van der Waals surface area (Å²) in [5.41, 5.74) is 6.77. The van der Waals surface area contributed by atoms with Crippen LogP contribution in [0.5, 0.6) is 11.5 Å². The Kier molecular flexibility index (Phi) is 5.48. The summed E-state index contributed by atoms with van der Waals surface area (Å²) in [6, 6.07) is 6.06. The SMILES string of the molecule is COc1ccc(CCCN)cc1OCC1CCCO1. The van der Waals surface area contributed by atoms with Gasteiger partial charge in [-0.2, -0.15) is 0 Å². The molecule has 0 saturated carbocycles. The molecule has 1 atom stereocenters. The molecule has 2 N–H and O–H groups in total. The maximum absolute atomic E-state index is 5.85. The van der Waals surface area contributed by atoms with E-state index in [9.17, 15) is 0 Å². The second kappa shape index (κ2) is 7.36. The molecule has 1 aromatic rings. The van der Waals surface area contributed by atoms with E-state index in [0.717, 1.165) is 43.8 Å². The van der Waals surface area contributed by atoms with Crippen molar-refractivity contribution in [2.24, 2.45) is 5.73 Å². The van der Waals surface area contributed by atoms with E-state index in [4.69, 9.17) is 19.9 Å². The van der Waals surface area contributed by atoms with Crippen LogP contribution in [0.15, 0.2) is 18.2 Å². The van der Waals surface area contributed by atoms with Crippen LogP contribution in [0.2, 0.25) is 0 Å². The first-order chi connectivity index (χ1) is 9.33. The second-order valence-electron chi connectivity index (χ2n) is 4.82. The zero-order chi connectivity index (χ0) is 13.5. The normalized spacial score (nSPS) is 18.5. The van der Waals surface area contributed by atoms with Gasteiger partial charge in [0.1, 0.15) is 6.61 Å². The molecular weight excluding hydrogens is 242 g/mol. The summed E-state index contributed by atoms with van der Waals surface area (Å²) in [5.74, 6) is 1.57. The maximum atomic E-state index is 5.85. The van der Waals surface area contributed by atoms with Gasteiger partial charge in [-0.25, -0.2) is 0 Å². The van der Waals surface area contributed by atoms with Gasteiger partial charge in [-0.1, -0.05) is 6.07 Å². The van der Waals surface area contributed by atoms with Crippen LogP contribution in [-0.4, -0.2) is 33.0 Å². The lowest BCUT2D eigenvalue weighted by Crippen LogP contribution is -2.16. The third-order valence-corrected chi connectivity index (χ3v) is 3.35. The van der Waals surface area contributed by atoms with Crippen LogP contribution in [0.4, 0.5) is 0 Å². The summed E-state index contributed by atoms with van der Waals surface area (Å²) < 4.78 is 16.7. The molecule has 1 fully saturated rings. The molecule has 1 aliphatic rings. The molecule has 0 radical (unpaired) electrons. The third-order valence-electron chi connectivity index (χ3n) is 3.35. The van der Waals surface area contributed by atoms with Crippen LogP contribution >= 0.6 is 0 Å². The molecule has 19 heavy (non-hydrogen) atoms. The highest BCUT2D eigenvalue weighted by atomic mass is 16.5. The summed E-state index contributed by atoms with van der Waals surface area (Å²) in [4.78, 5) is 0. The third kappa shape index (κ3) is 4.11. The number of hydrogen-bond acceptors (Lipinski definition) is 4. The number of rotatable bonds is 7. The molecular formula is C15H23NO3. The molecule has 0 bridgehead atoms. The molecule has 0 spiro atoms. The van der Waals surface area contributed by atoms with Gasteiger partial charge in [0.15, 0.2) is 11.5 Å². The largest absolute Gasteiger partial charge is 0.493 e. The van der Waals surface area contributed by atoms with Crippen molar-refractivity contribution in [3.05, 3.63) is 23.8 Å². The lowest BCUT2D eigenvalue weighted by atomic mass is 10.1. The number of nitrogens with two attached hydrogens (primary N) is 1. The van der Waals surface area contributed by atoms with Crippen molar-refractivity contribution in [3.8, 4) is 11.5 Å². The molecule has 1 unspecified atom stereocenters. The van der Waals surface area contributed by atoms with Crippen molar-refractivity contribution < 1.29 is 14.2 Å². The molecule has 1 saturated heterocycles. The van der Waals surface area contributed by atoms with Crippen LogP contribution < -0.4 is 15.2 Å². The van der Waals surface area contributed by atoms with Crippen LogP contribution in [0.25, 0.3) is 0 Å². The summed E-state index contributed by atoms with van der Waals surface area (Å²) >= 11 is 0. The number of ether oxygens (including phenoxy) is 3. The maximum Gasteiger partial charge on any atom is 0.161 e. The summed E-state index contributed by atoms with van der Waals surface area (Å²) in [7, 11) is 1.66. The standard InChI is InChI=1S/C15H23NO3/c1-17-14-7-6-12(4-2-8-16)10-15(14)19-11-13-5-3-9-18-13/h6-7,10,13H,2-5,8-9,11,16H2,1H3. The zero-order valence-electron chi connectivity index (χ0n) is 11.6. The van der Waals surface area contributed by atoms with Gasteiger partial charge >= 0.3 is 0 Å². The molecule has 0 amide bonds. The average molecular weight is 265 g/mol. The lowest BCUT2D eigenvalue weighted by Gasteiger charge is -2.15. The Bertz CT molecular complexity index is 389. The fourth-order valence-corrected chi connectivity index (χ4v) is 2.25. The molecule has 106 valence electrons. The van der Waals surface area contributed by atoms with Crippen molar-refractivity contribution in [1.82, 2.24) is 0 Å². The minimum absolute atomic E-state index is 0.220. The van der Waals surface area contributed by atoms with Gasteiger partial charge in [-0.3, -0.25) is 0 Å². The highest BCUT2D eigenvalue weighted by molar-refractivity contribution is 5.43. The van der Waals surface area contributed by atoms with Gasteiger partial charge in [0.2, 0.25) is 0 Å². The number of methoxy groups -OCH3 is 1. The molecule has 1 aliphatic heterocycles. The lowest BCUT2D eigenvalue weighted by molar-refractivity contribution is 0.0669. The van der Waals surface area contributed by atoms with Crippen molar-refractivity contribution in [2.45, 2.75) is 31.8 Å². The van der Waals surface area contributed by atoms with E-state index < -0.39 is 0 Å². The van der Waals surface area contributed by atoms with Gasteiger partial charge in [-0.15, -0.1) is 0 Å². The Morgan fingerprint density at radius 3 is 2.95 bits per heavy atom. The first-order valence-electron chi connectivity index (χ1n) is 6.95. The summed E-state index contributed by atoms with van der Waals surface area (Å²) in [5, 5.41) is 0. The topological polar surface area (TPSA) is 53.7 Å². The van der Waals surface area contributed by atoms with Gasteiger partial charge in [0.25, 0.3) is 0 Å². The Morgan fingerprint density at radius 1 is 1.37 bits per heavy atom. The second-order valence-corrected chi connectivity index (χ2v) is 4.82. The van der Waals surface area contributed by atoms with Gasteiger partial charge in [0.05, 0.1) is 13.2 Å². The fraction of sp³-hybridized carbons (Fsp3) is 0.600. The van der Waals surface area contributed by atoms with Crippen molar-refractivity contribution in [2.75, 3.05) is 26.9 Å². The van der Waals surface area contributed by atoms with Crippen LogP contribution in [0, 0.1) is 0 Å². The molecule has 0 aromatic heterocycles. The van der Waals surface area contributed by atoms with E-state index in [1.54, 1.807) is 7.11 Å². The smallest absolute Gasteiger partial charge is 0.161 e. The molecule has 1 heterocycles. The van der Waals surface area contributed by atoms with Gasteiger partial charge in [0, 0.05) is 6.61 Å². The first kappa shape index (κ1) is 14.2. The monoisotopic (exact) mass is 265 g/mol. The number of aryl methyl sites for hydroxylation is 1. The van der Waals surface area contributed by atoms with Crippen molar-refractivity contribution in [1.29, 1.82) is 0 Å². The average Bonchev–Trinajstić information content (AvgIpc) is 2.96. The van der Waals surface area contributed by atoms with E-state index >= 15 is 0 Å². The minimum atomic E-state index is 0.220. The molecule has 4 heteroatoms. The van der Waals surface area contributed by atoms with E-state index in [1.807, 2.05) is 12.1 Å². The van der Waals surface area contributed by atoms with Gasteiger partial charge < -0.3 is 19.9 Å². The number of benzene rings is 1. The number of hydrogen-bond donors (Lipinski definition) is 1. The van der Waals surface area contributed by atoms with E-state index in [2.05, 4.69) is 6.07 Å². The zero-order valence-corrected chi connectivity index (χ0v) is 11.6. The molecule has 2 rings (SSSR count). The fourth-order valence-electron chi connectivity index (χ4n) is 2.25. The Hall–Kier alpha value is -1.26. The predicted molar refractivity (Wildman–Crippen MR) is 74.8 cm³/mol. The predicted octanol–water partition coefficient (Wildman–Crippen LogP) is 2.14. The minimum Gasteiger partial charge on any atom is -0.493 e. The highest BCUT2D eigenvalue weighted by Crippen LogP contribution is 2.29. The van der Waals surface area contributed by atoms with Crippen LogP contribution in [-0.2, 0) is 11.2 Å². The Labute approximate surface area is 114 Å². The van der Waals surface area contributed by atoms with E-state index in [1.165, 1.54) is 5.56 Å². The van der Waals surface area contributed by atoms with Crippen molar-refractivity contribution >= 4 is 0 Å². The molecule has 0 aliphatic carbocycles. The summed E-state index contributed by atoms with van der Waals surface area (Å²) in [6.07, 6.45) is 4.38. The first-order valence-corrected chi connectivity index (χ1v) is 6.95. The summed E-state index contributed by atoms with van der Waals surface area (Å²) in [6.45, 7) is 2.15. The molecule has 4 nitrogen and oxygen atoms in total.